The van der Waals surface area contributed by atoms with E-state index in [1.165, 1.54) is 23.1 Å². The average Bonchev–Trinajstić information content (AvgIpc) is 2.72. The number of nitrogens with zero attached hydrogens (tertiary/aromatic N) is 1. The highest BCUT2D eigenvalue weighted by molar-refractivity contribution is 6.31. The highest BCUT2D eigenvalue weighted by Gasteiger charge is 2.38. The van der Waals surface area contributed by atoms with E-state index in [0.29, 0.717) is 16.3 Å². The van der Waals surface area contributed by atoms with E-state index in [0.717, 1.165) is 6.07 Å². The van der Waals surface area contributed by atoms with E-state index in [2.05, 4.69) is 6.58 Å². The Morgan fingerprint density at radius 1 is 1.27 bits per heavy atom. The van der Waals surface area contributed by atoms with Crippen LogP contribution < -0.4 is 0 Å². The number of ether oxygens (including phenoxy) is 1. The van der Waals surface area contributed by atoms with E-state index < -0.39 is 23.5 Å². The van der Waals surface area contributed by atoms with Crippen LogP contribution in [-0.4, -0.2) is 23.4 Å². The van der Waals surface area contributed by atoms with E-state index in [1.54, 1.807) is 31.2 Å². The molecule has 0 aromatic heterocycles. The molecule has 2 aromatic carbocycles. The first-order valence-electron chi connectivity index (χ1n) is 9.31. The molecule has 2 aromatic rings. The van der Waals surface area contributed by atoms with Crippen LogP contribution in [0.2, 0.25) is 5.02 Å². The van der Waals surface area contributed by atoms with Gasteiger partial charge in [0, 0.05) is 28.6 Å². The Morgan fingerprint density at radius 3 is 2.70 bits per heavy atom. The minimum atomic E-state index is -1.03. The van der Waals surface area contributed by atoms with Crippen LogP contribution in [0.3, 0.4) is 0 Å². The van der Waals surface area contributed by atoms with Crippen LogP contribution in [0.4, 0.5) is 8.78 Å². The number of esters is 1. The SMILES string of the molecule is C=CCOC(=O)C1=C(C)N(Cc2cccc(F)c2F)C(=O)CC1c1ccccc1Cl. The van der Waals surface area contributed by atoms with Crippen molar-refractivity contribution >= 4 is 23.5 Å². The fourth-order valence-corrected chi connectivity index (χ4v) is 3.81. The number of carbonyl (C=O) groups excluding carboxylic acids is 2. The molecular formula is C23H20ClF2NO3. The third-order valence-corrected chi connectivity index (χ3v) is 5.36. The number of hydrogen-bond donors (Lipinski definition) is 0. The summed E-state index contributed by atoms with van der Waals surface area (Å²) in [5.41, 5.74) is 1.20. The number of rotatable bonds is 6. The van der Waals surface area contributed by atoms with Crippen LogP contribution in [0.25, 0.3) is 0 Å². The number of carbonyl (C=O) groups is 2. The highest BCUT2D eigenvalue weighted by atomic mass is 35.5. The van der Waals surface area contributed by atoms with Crippen molar-refractivity contribution in [2.45, 2.75) is 25.8 Å². The standard InChI is InChI=1S/C23H20ClF2NO3/c1-3-11-30-23(29)21-14(2)27(13-15-7-6-10-19(25)22(15)26)20(28)12-17(21)16-8-4-5-9-18(16)24/h3-10,17H,1,11-13H2,2H3. The van der Waals surface area contributed by atoms with Crippen LogP contribution in [-0.2, 0) is 20.9 Å². The molecule has 0 N–H and O–H groups in total. The minimum absolute atomic E-state index is 0.00265. The molecule has 1 amide bonds. The van der Waals surface area contributed by atoms with Crippen LogP contribution >= 0.6 is 11.6 Å². The van der Waals surface area contributed by atoms with E-state index in [4.69, 9.17) is 16.3 Å². The van der Waals surface area contributed by atoms with Crippen molar-refractivity contribution in [3.63, 3.8) is 0 Å². The molecular weight excluding hydrogens is 412 g/mol. The Balaban J connectivity index is 2.07. The molecule has 0 radical (unpaired) electrons. The molecule has 7 heteroatoms. The predicted molar refractivity (Wildman–Crippen MR) is 110 cm³/mol. The van der Waals surface area contributed by atoms with Crippen molar-refractivity contribution in [1.29, 1.82) is 0 Å². The molecule has 4 nitrogen and oxygen atoms in total. The van der Waals surface area contributed by atoms with Crippen LogP contribution in [0.5, 0.6) is 0 Å². The van der Waals surface area contributed by atoms with Crippen LogP contribution in [0.1, 0.15) is 30.4 Å². The summed E-state index contributed by atoms with van der Waals surface area (Å²) in [6.45, 7) is 4.91. The summed E-state index contributed by atoms with van der Waals surface area (Å²) >= 11 is 6.32. The molecule has 1 atom stereocenters. The average molecular weight is 432 g/mol. The molecule has 30 heavy (non-hydrogen) atoms. The maximum absolute atomic E-state index is 14.2. The Kier molecular flexibility index (Phi) is 6.67. The van der Waals surface area contributed by atoms with Gasteiger partial charge in [0.05, 0.1) is 12.1 Å². The quantitative estimate of drug-likeness (QED) is 0.470. The molecule has 0 bridgehead atoms. The summed E-state index contributed by atoms with van der Waals surface area (Å²) in [6, 6.07) is 10.7. The van der Waals surface area contributed by atoms with Gasteiger partial charge >= 0.3 is 5.97 Å². The smallest absolute Gasteiger partial charge is 0.336 e. The number of halogens is 3. The van der Waals surface area contributed by atoms with Crippen LogP contribution in [0.15, 0.2) is 66.4 Å². The van der Waals surface area contributed by atoms with Gasteiger partial charge in [0.2, 0.25) is 5.91 Å². The van der Waals surface area contributed by atoms with Gasteiger partial charge in [-0.1, -0.05) is 54.6 Å². The first kappa shape index (κ1) is 21.7. The van der Waals surface area contributed by atoms with Crippen molar-refractivity contribution in [3.05, 3.63) is 94.2 Å². The van der Waals surface area contributed by atoms with E-state index in [1.807, 2.05) is 0 Å². The number of allylic oxidation sites excluding steroid dienone is 1. The molecule has 1 aliphatic rings. The zero-order valence-electron chi connectivity index (χ0n) is 16.3. The second kappa shape index (κ2) is 9.22. The molecule has 1 unspecified atom stereocenters. The van der Waals surface area contributed by atoms with Crippen molar-refractivity contribution < 1.29 is 23.1 Å². The molecule has 0 saturated carbocycles. The maximum atomic E-state index is 14.2. The zero-order valence-corrected chi connectivity index (χ0v) is 17.1. The second-order valence-electron chi connectivity index (χ2n) is 6.86. The lowest BCUT2D eigenvalue weighted by atomic mass is 9.83. The maximum Gasteiger partial charge on any atom is 0.336 e. The molecule has 3 rings (SSSR count). The predicted octanol–water partition coefficient (Wildman–Crippen LogP) is 5.14. The lowest BCUT2D eigenvalue weighted by molar-refractivity contribution is -0.139. The molecule has 1 aliphatic heterocycles. The fourth-order valence-electron chi connectivity index (χ4n) is 3.54. The molecule has 0 saturated heterocycles. The van der Waals surface area contributed by atoms with Crippen molar-refractivity contribution in [2.24, 2.45) is 0 Å². The number of benzene rings is 2. The highest BCUT2D eigenvalue weighted by Crippen LogP contribution is 2.40. The summed E-state index contributed by atoms with van der Waals surface area (Å²) in [5.74, 6) is -3.59. The van der Waals surface area contributed by atoms with Gasteiger partial charge in [0.25, 0.3) is 0 Å². The van der Waals surface area contributed by atoms with Gasteiger partial charge in [0.1, 0.15) is 6.61 Å². The Labute approximate surface area is 178 Å². The Hall–Kier alpha value is -2.99. The van der Waals surface area contributed by atoms with Gasteiger partial charge in [-0.2, -0.15) is 0 Å². The van der Waals surface area contributed by atoms with Gasteiger partial charge in [0.15, 0.2) is 11.6 Å². The summed E-state index contributed by atoms with van der Waals surface area (Å²) in [6.07, 6.45) is 1.38. The number of hydrogen-bond acceptors (Lipinski definition) is 3. The Bertz CT molecular complexity index is 1030. The van der Waals surface area contributed by atoms with E-state index in [-0.39, 0.29) is 36.6 Å². The topological polar surface area (TPSA) is 46.6 Å². The molecule has 0 fully saturated rings. The van der Waals surface area contributed by atoms with Gasteiger partial charge in [-0.3, -0.25) is 4.79 Å². The van der Waals surface area contributed by atoms with E-state index in [9.17, 15) is 18.4 Å². The summed E-state index contributed by atoms with van der Waals surface area (Å²) in [7, 11) is 0. The lowest BCUT2D eigenvalue weighted by Gasteiger charge is -2.34. The van der Waals surface area contributed by atoms with Crippen molar-refractivity contribution in [3.8, 4) is 0 Å². The molecule has 1 heterocycles. The normalized spacial score (nSPS) is 16.6. The zero-order chi connectivity index (χ0) is 21.8. The van der Waals surface area contributed by atoms with Crippen molar-refractivity contribution in [1.82, 2.24) is 4.90 Å². The van der Waals surface area contributed by atoms with Gasteiger partial charge < -0.3 is 9.64 Å². The van der Waals surface area contributed by atoms with Gasteiger partial charge in [-0.15, -0.1) is 0 Å². The lowest BCUT2D eigenvalue weighted by Crippen LogP contribution is -2.38. The third-order valence-electron chi connectivity index (χ3n) is 5.02. The van der Waals surface area contributed by atoms with Crippen molar-refractivity contribution in [2.75, 3.05) is 6.61 Å². The molecule has 0 aliphatic carbocycles. The van der Waals surface area contributed by atoms with Gasteiger partial charge in [-0.25, -0.2) is 13.6 Å². The summed E-state index contributed by atoms with van der Waals surface area (Å²) in [5, 5.41) is 0.418. The van der Waals surface area contributed by atoms with Gasteiger partial charge in [-0.05, 0) is 24.6 Å². The fraction of sp³-hybridized carbons (Fsp3) is 0.217. The third kappa shape index (κ3) is 4.28. The minimum Gasteiger partial charge on any atom is -0.458 e. The monoisotopic (exact) mass is 431 g/mol. The van der Waals surface area contributed by atoms with Crippen LogP contribution in [0, 0.1) is 11.6 Å². The first-order valence-corrected chi connectivity index (χ1v) is 9.69. The number of amides is 1. The largest absolute Gasteiger partial charge is 0.458 e. The Morgan fingerprint density at radius 2 is 2.00 bits per heavy atom. The summed E-state index contributed by atoms with van der Waals surface area (Å²) < 4.78 is 33.0. The first-order chi connectivity index (χ1) is 14.3. The van der Waals surface area contributed by atoms with E-state index >= 15 is 0 Å². The molecule has 0 spiro atoms. The summed E-state index contributed by atoms with van der Waals surface area (Å²) in [4.78, 5) is 27.1. The second-order valence-corrected chi connectivity index (χ2v) is 7.26. The molecule has 156 valence electrons.